The molecule has 0 spiro atoms. The molecular formula is C16H20BrClN2. The van der Waals surface area contributed by atoms with E-state index >= 15 is 0 Å². The molecule has 20 heavy (non-hydrogen) atoms. The van der Waals surface area contributed by atoms with E-state index in [0.717, 1.165) is 23.0 Å². The van der Waals surface area contributed by atoms with Crippen LogP contribution in [0.5, 0.6) is 0 Å². The van der Waals surface area contributed by atoms with Crippen LogP contribution in [0.3, 0.4) is 0 Å². The predicted molar refractivity (Wildman–Crippen MR) is 88.4 cm³/mol. The van der Waals surface area contributed by atoms with E-state index in [-0.39, 0.29) is 0 Å². The van der Waals surface area contributed by atoms with Gasteiger partial charge >= 0.3 is 0 Å². The third-order valence-electron chi connectivity index (χ3n) is 3.38. The Hall–Kier alpha value is -0.800. The van der Waals surface area contributed by atoms with Gasteiger partial charge < -0.3 is 0 Å². The largest absolute Gasteiger partial charge is 0.270 e. The third kappa shape index (κ3) is 4.10. The molecule has 2 nitrogen and oxygen atoms in total. The van der Waals surface area contributed by atoms with Crippen LogP contribution < -0.4 is 0 Å². The van der Waals surface area contributed by atoms with Crippen LogP contribution >= 0.6 is 27.5 Å². The zero-order chi connectivity index (χ0) is 14.5. The number of halogens is 2. The number of benzene rings is 1. The molecule has 0 N–H and O–H groups in total. The van der Waals surface area contributed by atoms with Crippen LogP contribution in [0.2, 0.25) is 0 Å². The van der Waals surface area contributed by atoms with E-state index in [2.05, 4.69) is 59.1 Å². The zero-order valence-electron chi connectivity index (χ0n) is 11.9. The van der Waals surface area contributed by atoms with Gasteiger partial charge in [0.05, 0.1) is 5.69 Å². The van der Waals surface area contributed by atoms with Gasteiger partial charge in [-0.25, -0.2) is 0 Å². The molecule has 0 saturated heterocycles. The topological polar surface area (TPSA) is 17.8 Å². The van der Waals surface area contributed by atoms with E-state index in [1.54, 1.807) is 0 Å². The fourth-order valence-electron chi connectivity index (χ4n) is 2.23. The van der Waals surface area contributed by atoms with E-state index < -0.39 is 0 Å². The van der Waals surface area contributed by atoms with Crippen LogP contribution in [0.1, 0.15) is 31.1 Å². The summed E-state index contributed by atoms with van der Waals surface area (Å²) in [6.07, 6.45) is 3.94. The molecule has 0 saturated carbocycles. The second kappa shape index (κ2) is 7.28. The van der Waals surface area contributed by atoms with Gasteiger partial charge in [0.25, 0.3) is 0 Å². The average Bonchev–Trinajstić information content (AvgIpc) is 2.89. The fraction of sp³-hybridized carbons (Fsp3) is 0.438. The summed E-state index contributed by atoms with van der Waals surface area (Å²) in [5.74, 6) is 1.06. The van der Waals surface area contributed by atoms with Crippen molar-refractivity contribution >= 4 is 27.5 Å². The van der Waals surface area contributed by atoms with Crippen molar-refractivity contribution in [3.8, 4) is 0 Å². The van der Waals surface area contributed by atoms with Crippen molar-refractivity contribution in [2.45, 2.75) is 32.7 Å². The molecule has 2 rings (SSSR count). The van der Waals surface area contributed by atoms with Crippen LogP contribution in [0, 0.1) is 5.92 Å². The molecule has 1 aromatic heterocycles. The highest BCUT2D eigenvalue weighted by molar-refractivity contribution is 9.10. The van der Waals surface area contributed by atoms with Crippen LogP contribution in [0.4, 0.5) is 0 Å². The smallest absolute Gasteiger partial charge is 0.0628 e. The Morgan fingerprint density at radius 2 is 1.95 bits per heavy atom. The lowest BCUT2D eigenvalue weighted by Crippen LogP contribution is -2.11. The van der Waals surface area contributed by atoms with Gasteiger partial charge in [-0.3, -0.25) is 4.68 Å². The van der Waals surface area contributed by atoms with Crippen molar-refractivity contribution < 1.29 is 0 Å². The SMILES string of the molecule is CC(C)n1ccc(CC(CCl)Cc2ccccc2Br)n1. The first-order valence-electron chi connectivity index (χ1n) is 6.93. The maximum atomic E-state index is 6.14. The molecular weight excluding hydrogens is 336 g/mol. The first-order valence-corrected chi connectivity index (χ1v) is 8.26. The number of nitrogens with zero attached hydrogens (tertiary/aromatic N) is 2. The van der Waals surface area contributed by atoms with E-state index in [1.807, 2.05) is 16.9 Å². The Bertz CT molecular complexity index is 551. The molecule has 0 aliphatic rings. The quantitative estimate of drug-likeness (QED) is 0.676. The van der Waals surface area contributed by atoms with E-state index in [1.165, 1.54) is 5.56 Å². The van der Waals surface area contributed by atoms with Gasteiger partial charge in [-0.1, -0.05) is 34.1 Å². The summed E-state index contributed by atoms with van der Waals surface area (Å²) in [5, 5.41) is 4.61. The highest BCUT2D eigenvalue weighted by atomic mass is 79.9. The summed E-state index contributed by atoms with van der Waals surface area (Å²) in [6, 6.07) is 10.8. The van der Waals surface area contributed by atoms with Gasteiger partial charge in [0, 0.05) is 22.6 Å². The summed E-state index contributed by atoms with van der Waals surface area (Å²) >= 11 is 9.74. The Labute approximate surface area is 134 Å². The molecule has 108 valence electrons. The summed E-state index contributed by atoms with van der Waals surface area (Å²) in [7, 11) is 0. The molecule has 0 bridgehead atoms. The van der Waals surface area contributed by atoms with E-state index in [4.69, 9.17) is 11.6 Å². The third-order valence-corrected chi connectivity index (χ3v) is 4.59. The predicted octanol–water partition coefficient (Wildman–Crippen LogP) is 4.87. The number of rotatable bonds is 6. The molecule has 0 aliphatic carbocycles. The second-order valence-corrected chi connectivity index (χ2v) is 6.56. The Morgan fingerprint density at radius 1 is 1.20 bits per heavy atom. The van der Waals surface area contributed by atoms with Gasteiger partial charge in [0.15, 0.2) is 0 Å². The zero-order valence-corrected chi connectivity index (χ0v) is 14.2. The van der Waals surface area contributed by atoms with Crippen molar-refractivity contribution in [1.82, 2.24) is 9.78 Å². The molecule has 1 atom stereocenters. The number of hydrogen-bond acceptors (Lipinski definition) is 1. The number of hydrogen-bond donors (Lipinski definition) is 0. The van der Waals surface area contributed by atoms with Crippen molar-refractivity contribution in [1.29, 1.82) is 0 Å². The van der Waals surface area contributed by atoms with Crippen molar-refractivity contribution in [3.05, 3.63) is 52.3 Å². The highest BCUT2D eigenvalue weighted by Crippen LogP contribution is 2.22. The first-order chi connectivity index (χ1) is 9.60. The maximum absolute atomic E-state index is 6.14. The molecule has 0 radical (unpaired) electrons. The normalized spacial score (nSPS) is 12.8. The molecule has 1 unspecified atom stereocenters. The lowest BCUT2D eigenvalue weighted by atomic mass is 9.96. The Morgan fingerprint density at radius 3 is 2.55 bits per heavy atom. The Kier molecular flexibility index (Phi) is 5.67. The monoisotopic (exact) mass is 354 g/mol. The van der Waals surface area contributed by atoms with Crippen molar-refractivity contribution in [3.63, 3.8) is 0 Å². The molecule has 2 aromatic rings. The lowest BCUT2D eigenvalue weighted by Gasteiger charge is -2.14. The highest BCUT2D eigenvalue weighted by Gasteiger charge is 2.13. The lowest BCUT2D eigenvalue weighted by molar-refractivity contribution is 0.511. The average molecular weight is 356 g/mol. The minimum Gasteiger partial charge on any atom is -0.270 e. The summed E-state index contributed by atoms with van der Waals surface area (Å²) in [4.78, 5) is 0. The van der Waals surface area contributed by atoms with E-state index in [9.17, 15) is 0 Å². The molecule has 0 amide bonds. The number of aromatic nitrogens is 2. The van der Waals surface area contributed by atoms with Crippen LogP contribution in [-0.4, -0.2) is 15.7 Å². The van der Waals surface area contributed by atoms with Crippen molar-refractivity contribution in [2.24, 2.45) is 5.92 Å². The van der Waals surface area contributed by atoms with Gasteiger partial charge in [0.2, 0.25) is 0 Å². The van der Waals surface area contributed by atoms with Crippen LogP contribution in [0.15, 0.2) is 41.0 Å². The molecule has 4 heteroatoms. The summed E-state index contributed by atoms with van der Waals surface area (Å²) in [5.41, 5.74) is 2.43. The van der Waals surface area contributed by atoms with Crippen LogP contribution in [-0.2, 0) is 12.8 Å². The van der Waals surface area contributed by atoms with Gasteiger partial charge in [-0.15, -0.1) is 11.6 Å². The number of alkyl halides is 1. The first kappa shape index (κ1) is 15.6. The standard InChI is InChI=1S/C16H20BrClN2/c1-12(2)20-8-7-15(19-20)10-13(11-18)9-14-5-3-4-6-16(14)17/h3-8,12-13H,9-11H2,1-2H3. The molecule has 1 aromatic carbocycles. The fourth-order valence-corrected chi connectivity index (χ4v) is 2.89. The van der Waals surface area contributed by atoms with Crippen molar-refractivity contribution in [2.75, 3.05) is 5.88 Å². The van der Waals surface area contributed by atoms with Crippen LogP contribution in [0.25, 0.3) is 0 Å². The molecule has 0 fully saturated rings. The minimum atomic E-state index is 0.404. The maximum Gasteiger partial charge on any atom is 0.0628 e. The van der Waals surface area contributed by atoms with Gasteiger partial charge in [-0.2, -0.15) is 5.10 Å². The van der Waals surface area contributed by atoms with E-state index in [0.29, 0.717) is 17.8 Å². The summed E-state index contributed by atoms with van der Waals surface area (Å²) in [6.45, 7) is 4.27. The molecule has 1 heterocycles. The molecule has 0 aliphatic heterocycles. The van der Waals surface area contributed by atoms with Gasteiger partial charge in [-0.05, 0) is 50.3 Å². The second-order valence-electron chi connectivity index (χ2n) is 5.40. The van der Waals surface area contributed by atoms with Gasteiger partial charge in [0.1, 0.15) is 0 Å². The Balaban J connectivity index is 2.03. The summed E-state index contributed by atoms with van der Waals surface area (Å²) < 4.78 is 3.15. The minimum absolute atomic E-state index is 0.404.